The molecule has 0 amide bonds. The Labute approximate surface area is 84.9 Å². The van der Waals surface area contributed by atoms with E-state index in [9.17, 15) is 0 Å². The summed E-state index contributed by atoms with van der Waals surface area (Å²) in [6, 6.07) is 8.53. The molecule has 0 bridgehead atoms. The molecule has 0 aliphatic rings. The van der Waals surface area contributed by atoms with Crippen molar-refractivity contribution < 1.29 is 0 Å². The minimum Gasteiger partial charge on any atom is -0.319 e. The summed E-state index contributed by atoms with van der Waals surface area (Å²) >= 11 is 1.93. The van der Waals surface area contributed by atoms with Crippen molar-refractivity contribution in [2.24, 2.45) is 0 Å². The zero-order valence-corrected chi connectivity index (χ0v) is 9.32. The molecule has 1 aromatic carbocycles. The summed E-state index contributed by atoms with van der Waals surface area (Å²) in [4.78, 5) is 1.39. The molecule has 1 aromatic rings. The van der Waals surface area contributed by atoms with Crippen LogP contribution < -0.4 is 5.32 Å². The van der Waals surface area contributed by atoms with Crippen LogP contribution in [0.5, 0.6) is 0 Å². The van der Waals surface area contributed by atoms with Crippen molar-refractivity contribution in [2.45, 2.75) is 24.0 Å². The zero-order chi connectivity index (χ0) is 9.68. The first kappa shape index (κ1) is 10.6. The molecule has 0 radical (unpaired) electrons. The standard InChI is InChI=1S/C11H17NS/c1-9-6-4-5-7-11(9)13-10(2)8-12-3/h4-7,10,12H,8H2,1-3H3. The van der Waals surface area contributed by atoms with Crippen LogP contribution in [-0.4, -0.2) is 18.8 Å². The Bertz CT molecular complexity index is 260. The molecule has 13 heavy (non-hydrogen) atoms. The van der Waals surface area contributed by atoms with Gasteiger partial charge in [-0.25, -0.2) is 0 Å². The Hall–Kier alpha value is -0.470. The zero-order valence-electron chi connectivity index (χ0n) is 8.50. The average molecular weight is 195 g/mol. The van der Waals surface area contributed by atoms with E-state index in [1.807, 2.05) is 18.8 Å². The summed E-state index contributed by atoms with van der Waals surface area (Å²) in [6.07, 6.45) is 0. The normalized spacial score (nSPS) is 12.8. The highest BCUT2D eigenvalue weighted by atomic mass is 32.2. The van der Waals surface area contributed by atoms with Crippen LogP contribution in [0.3, 0.4) is 0 Å². The molecular weight excluding hydrogens is 178 g/mol. The van der Waals surface area contributed by atoms with Crippen molar-refractivity contribution in [3.63, 3.8) is 0 Å². The topological polar surface area (TPSA) is 12.0 Å². The molecule has 0 spiro atoms. The van der Waals surface area contributed by atoms with Gasteiger partial charge in [-0.15, -0.1) is 11.8 Å². The molecule has 1 nitrogen and oxygen atoms in total. The van der Waals surface area contributed by atoms with Gasteiger partial charge >= 0.3 is 0 Å². The Morgan fingerprint density at radius 3 is 2.69 bits per heavy atom. The minimum absolute atomic E-state index is 0.631. The summed E-state index contributed by atoms with van der Waals surface area (Å²) in [6.45, 7) is 5.46. The van der Waals surface area contributed by atoms with Crippen LogP contribution >= 0.6 is 11.8 Å². The lowest BCUT2D eigenvalue weighted by Gasteiger charge is -2.11. The summed E-state index contributed by atoms with van der Waals surface area (Å²) < 4.78 is 0. The maximum atomic E-state index is 3.19. The number of thioether (sulfide) groups is 1. The maximum Gasteiger partial charge on any atom is 0.0191 e. The Kier molecular flexibility index (Phi) is 4.33. The molecule has 1 atom stereocenters. The van der Waals surface area contributed by atoms with Crippen molar-refractivity contribution in [2.75, 3.05) is 13.6 Å². The molecule has 0 saturated carbocycles. The molecule has 0 fully saturated rings. The monoisotopic (exact) mass is 195 g/mol. The number of hydrogen-bond acceptors (Lipinski definition) is 2. The van der Waals surface area contributed by atoms with Gasteiger partial charge in [0.25, 0.3) is 0 Å². The lowest BCUT2D eigenvalue weighted by Crippen LogP contribution is -2.17. The molecule has 0 aliphatic carbocycles. The number of benzene rings is 1. The highest BCUT2D eigenvalue weighted by Crippen LogP contribution is 2.25. The third-order valence-electron chi connectivity index (χ3n) is 1.91. The van der Waals surface area contributed by atoms with Crippen molar-refractivity contribution in [3.05, 3.63) is 29.8 Å². The number of hydrogen-bond donors (Lipinski definition) is 1. The SMILES string of the molecule is CNCC(C)Sc1ccccc1C. The molecule has 1 unspecified atom stereocenters. The molecule has 0 aliphatic heterocycles. The first-order valence-corrected chi connectivity index (χ1v) is 5.49. The van der Waals surface area contributed by atoms with E-state index < -0.39 is 0 Å². The summed E-state index contributed by atoms with van der Waals surface area (Å²) in [5.41, 5.74) is 1.37. The van der Waals surface area contributed by atoms with Gasteiger partial charge in [0.1, 0.15) is 0 Å². The summed E-state index contributed by atoms with van der Waals surface area (Å²) in [7, 11) is 1.99. The second kappa shape index (κ2) is 5.30. The fourth-order valence-electron chi connectivity index (χ4n) is 1.23. The van der Waals surface area contributed by atoms with Crippen LogP contribution in [0.4, 0.5) is 0 Å². The van der Waals surface area contributed by atoms with E-state index in [2.05, 4.69) is 43.4 Å². The molecule has 0 aromatic heterocycles. The summed E-state index contributed by atoms with van der Waals surface area (Å²) in [5, 5.41) is 3.82. The van der Waals surface area contributed by atoms with Crippen LogP contribution in [0.2, 0.25) is 0 Å². The smallest absolute Gasteiger partial charge is 0.0191 e. The molecule has 2 heteroatoms. The highest BCUT2D eigenvalue weighted by molar-refractivity contribution is 8.00. The maximum absolute atomic E-state index is 3.19. The van der Waals surface area contributed by atoms with E-state index in [1.54, 1.807) is 0 Å². The van der Waals surface area contributed by atoms with Crippen molar-refractivity contribution >= 4 is 11.8 Å². The fraction of sp³-hybridized carbons (Fsp3) is 0.455. The molecule has 0 heterocycles. The van der Waals surface area contributed by atoms with Gasteiger partial charge in [0.2, 0.25) is 0 Å². The third kappa shape index (κ3) is 3.41. The third-order valence-corrected chi connectivity index (χ3v) is 3.19. The second-order valence-electron chi connectivity index (χ2n) is 3.25. The fourth-order valence-corrected chi connectivity index (χ4v) is 2.33. The Morgan fingerprint density at radius 2 is 2.08 bits per heavy atom. The van der Waals surface area contributed by atoms with Crippen LogP contribution in [0.1, 0.15) is 12.5 Å². The molecule has 1 rings (SSSR count). The molecular formula is C11H17NS. The quantitative estimate of drug-likeness (QED) is 0.741. The van der Waals surface area contributed by atoms with Gasteiger partial charge in [-0.1, -0.05) is 25.1 Å². The van der Waals surface area contributed by atoms with Crippen molar-refractivity contribution in [1.29, 1.82) is 0 Å². The lowest BCUT2D eigenvalue weighted by atomic mass is 10.2. The predicted molar refractivity (Wildman–Crippen MR) is 60.4 cm³/mol. The largest absolute Gasteiger partial charge is 0.319 e. The van der Waals surface area contributed by atoms with Crippen LogP contribution in [0.25, 0.3) is 0 Å². The van der Waals surface area contributed by atoms with Gasteiger partial charge in [-0.05, 0) is 25.6 Å². The first-order valence-electron chi connectivity index (χ1n) is 4.61. The van der Waals surface area contributed by atoms with Gasteiger partial charge in [0, 0.05) is 16.7 Å². The minimum atomic E-state index is 0.631. The number of rotatable bonds is 4. The van der Waals surface area contributed by atoms with Gasteiger partial charge in [0.15, 0.2) is 0 Å². The van der Waals surface area contributed by atoms with E-state index in [0.717, 1.165) is 6.54 Å². The van der Waals surface area contributed by atoms with E-state index in [0.29, 0.717) is 5.25 Å². The van der Waals surface area contributed by atoms with Crippen molar-refractivity contribution in [3.8, 4) is 0 Å². The van der Waals surface area contributed by atoms with E-state index in [4.69, 9.17) is 0 Å². The predicted octanol–water partition coefficient (Wildman–Crippen LogP) is 2.70. The van der Waals surface area contributed by atoms with Crippen LogP contribution in [0, 0.1) is 6.92 Å². The van der Waals surface area contributed by atoms with E-state index in [1.165, 1.54) is 10.5 Å². The molecule has 72 valence electrons. The van der Waals surface area contributed by atoms with Gasteiger partial charge in [-0.2, -0.15) is 0 Å². The average Bonchev–Trinajstić information content (AvgIpc) is 2.09. The number of aryl methyl sites for hydroxylation is 1. The van der Waals surface area contributed by atoms with Gasteiger partial charge in [0.05, 0.1) is 0 Å². The van der Waals surface area contributed by atoms with E-state index in [-0.39, 0.29) is 0 Å². The molecule has 1 N–H and O–H groups in total. The van der Waals surface area contributed by atoms with Crippen LogP contribution in [0.15, 0.2) is 29.2 Å². The highest BCUT2D eigenvalue weighted by Gasteiger charge is 2.04. The van der Waals surface area contributed by atoms with Crippen LogP contribution in [-0.2, 0) is 0 Å². The lowest BCUT2D eigenvalue weighted by molar-refractivity contribution is 0.785. The Balaban J connectivity index is 2.58. The second-order valence-corrected chi connectivity index (χ2v) is 4.73. The summed E-state index contributed by atoms with van der Waals surface area (Å²) in [5.74, 6) is 0. The van der Waals surface area contributed by atoms with Gasteiger partial charge < -0.3 is 5.32 Å². The molecule has 0 saturated heterocycles. The Morgan fingerprint density at radius 1 is 1.38 bits per heavy atom. The van der Waals surface area contributed by atoms with Gasteiger partial charge in [-0.3, -0.25) is 0 Å². The number of nitrogens with one attached hydrogen (secondary N) is 1. The van der Waals surface area contributed by atoms with Crippen molar-refractivity contribution in [1.82, 2.24) is 5.32 Å². The van der Waals surface area contributed by atoms with E-state index >= 15 is 0 Å². The first-order chi connectivity index (χ1) is 6.24.